The number of amides is 1. The second-order valence-electron chi connectivity index (χ2n) is 5.11. The van der Waals surface area contributed by atoms with Crippen LogP contribution < -0.4 is 10.2 Å². The molecule has 5 heteroatoms. The lowest BCUT2D eigenvalue weighted by atomic mass is 10.2. The number of hydrogen-bond acceptors (Lipinski definition) is 3. The molecule has 0 aliphatic heterocycles. The molecular weight excluding hydrogens is 281 g/mol. The van der Waals surface area contributed by atoms with Crippen LogP contribution >= 0.6 is 0 Å². The number of halogens is 1. The number of hydrogen-bond donors (Lipinski definition) is 1. The van der Waals surface area contributed by atoms with Crippen molar-refractivity contribution in [1.82, 2.24) is 4.98 Å². The van der Waals surface area contributed by atoms with Crippen LogP contribution in [0, 0.1) is 5.82 Å². The number of anilines is 2. The average molecular weight is 301 g/mol. The maximum Gasteiger partial charge on any atom is 0.274 e. The lowest BCUT2D eigenvalue weighted by molar-refractivity contribution is 0.102. The molecular formula is C17H20FN3O. The van der Waals surface area contributed by atoms with E-state index in [1.807, 2.05) is 13.1 Å². The summed E-state index contributed by atoms with van der Waals surface area (Å²) in [7, 11) is 1.98. The molecule has 1 amide bonds. The molecule has 0 aliphatic rings. The normalized spacial score (nSPS) is 10.3. The van der Waals surface area contributed by atoms with Crippen LogP contribution in [-0.2, 0) is 0 Å². The van der Waals surface area contributed by atoms with Crippen molar-refractivity contribution in [3.8, 4) is 0 Å². The highest BCUT2D eigenvalue weighted by atomic mass is 19.1. The summed E-state index contributed by atoms with van der Waals surface area (Å²) >= 11 is 0. The van der Waals surface area contributed by atoms with Gasteiger partial charge in [0.15, 0.2) is 0 Å². The third-order valence-electron chi connectivity index (χ3n) is 3.39. The van der Waals surface area contributed by atoms with Gasteiger partial charge < -0.3 is 10.2 Å². The molecule has 0 fully saturated rings. The number of benzene rings is 1. The fraction of sp³-hybridized carbons (Fsp3) is 0.294. The van der Waals surface area contributed by atoms with Gasteiger partial charge in [-0.3, -0.25) is 9.78 Å². The summed E-state index contributed by atoms with van der Waals surface area (Å²) < 4.78 is 13.6. The van der Waals surface area contributed by atoms with Crippen LogP contribution in [0.2, 0.25) is 0 Å². The van der Waals surface area contributed by atoms with Gasteiger partial charge in [0, 0.05) is 25.5 Å². The summed E-state index contributed by atoms with van der Waals surface area (Å²) in [4.78, 5) is 18.3. The molecule has 1 aromatic carbocycles. The van der Waals surface area contributed by atoms with E-state index in [-0.39, 0.29) is 11.4 Å². The van der Waals surface area contributed by atoms with E-state index in [1.54, 1.807) is 24.4 Å². The first-order valence-corrected chi connectivity index (χ1v) is 7.35. The minimum Gasteiger partial charge on any atom is -0.374 e. The van der Waals surface area contributed by atoms with E-state index in [0.29, 0.717) is 0 Å². The van der Waals surface area contributed by atoms with Crippen molar-refractivity contribution in [3.05, 3.63) is 54.1 Å². The summed E-state index contributed by atoms with van der Waals surface area (Å²) in [6.07, 6.45) is 3.78. The largest absolute Gasteiger partial charge is 0.374 e. The number of rotatable bonds is 6. The fourth-order valence-corrected chi connectivity index (χ4v) is 2.05. The van der Waals surface area contributed by atoms with E-state index in [0.717, 1.165) is 25.1 Å². The van der Waals surface area contributed by atoms with Crippen molar-refractivity contribution in [2.45, 2.75) is 19.8 Å². The first-order chi connectivity index (χ1) is 10.6. The number of unbranched alkanes of at least 4 members (excludes halogenated alkanes) is 1. The van der Waals surface area contributed by atoms with Crippen LogP contribution in [-0.4, -0.2) is 24.5 Å². The van der Waals surface area contributed by atoms with Gasteiger partial charge in [-0.05, 0) is 30.7 Å². The molecule has 2 aromatic rings. The van der Waals surface area contributed by atoms with Crippen molar-refractivity contribution in [1.29, 1.82) is 0 Å². The van der Waals surface area contributed by atoms with Gasteiger partial charge in [-0.15, -0.1) is 0 Å². The van der Waals surface area contributed by atoms with E-state index >= 15 is 0 Å². The van der Waals surface area contributed by atoms with E-state index < -0.39 is 11.7 Å². The zero-order valence-electron chi connectivity index (χ0n) is 12.8. The number of para-hydroxylation sites is 1. The van der Waals surface area contributed by atoms with E-state index in [9.17, 15) is 9.18 Å². The molecule has 0 spiro atoms. The van der Waals surface area contributed by atoms with Crippen molar-refractivity contribution < 1.29 is 9.18 Å². The van der Waals surface area contributed by atoms with Crippen LogP contribution in [0.15, 0.2) is 42.6 Å². The lowest BCUT2D eigenvalue weighted by Crippen LogP contribution is -2.20. The highest BCUT2D eigenvalue weighted by molar-refractivity contribution is 6.03. The van der Waals surface area contributed by atoms with E-state index in [1.165, 1.54) is 12.1 Å². The number of carbonyl (C=O) groups excluding carboxylic acids is 1. The molecule has 116 valence electrons. The molecule has 1 N–H and O–H groups in total. The summed E-state index contributed by atoms with van der Waals surface area (Å²) in [5, 5.41) is 2.54. The third-order valence-corrected chi connectivity index (χ3v) is 3.39. The molecule has 0 atom stereocenters. The zero-order valence-corrected chi connectivity index (χ0v) is 12.8. The molecule has 0 saturated carbocycles. The summed E-state index contributed by atoms with van der Waals surface area (Å²) in [6, 6.07) is 9.64. The quantitative estimate of drug-likeness (QED) is 0.884. The predicted molar refractivity (Wildman–Crippen MR) is 86.8 cm³/mol. The Morgan fingerprint density at radius 1 is 1.32 bits per heavy atom. The molecule has 0 aliphatic carbocycles. The predicted octanol–water partition coefficient (Wildman–Crippen LogP) is 3.71. The van der Waals surface area contributed by atoms with Gasteiger partial charge >= 0.3 is 0 Å². The molecule has 0 radical (unpaired) electrons. The van der Waals surface area contributed by atoms with Gasteiger partial charge in [0.05, 0.1) is 5.69 Å². The monoisotopic (exact) mass is 301 g/mol. The number of aromatic nitrogens is 1. The minimum atomic E-state index is -0.466. The fourth-order valence-electron chi connectivity index (χ4n) is 2.05. The summed E-state index contributed by atoms with van der Waals surface area (Å²) in [5.74, 6) is -0.886. The number of carbonyl (C=O) groups is 1. The van der Waals surface area contributed by atoms with Crippen molar-refractivity contribution >= 4 is 17.3 Å². The van der Waals surface area contributed by atoms with Gasteiger partial charge in [-0.1, -0.05) is 25.5 Å². The van der Waals surface area contributed by atoms with E-state index in [2.05, 4.69) is 22.1 Å². The molecule has 22 heavy (non-hydrogen) atoms. The maximum atomic E-state index is 13.6. The third kappa shape index (κ3) is 4.04. The van der Waals surface area contributed by atoms with Crippen LogP contribution in [0.25, 0.3) is 0 Å². The Balaban J connectivity index is 2.12. The lowest BCUT2D eigenvalue weighted by Gasteiger charge is -2.19. The Kier molecular flexibility index (Phi) is 5.47. The molecule has 0 saturated heterocycles. The Morgan fingerprint density at radius 2 is 2.09 bits per heavy atom. The number of pyridine rings is 1. The molecule has 4 nitrogen and oxygen atoms in total. The molecule has 1 aromatic heterocycles. The first-order valence-electron chi connectivity index (χ1n) is 7.35. The Morgan fingerprint density at radius 3 is 2.82 bits per heavy atom. The zero-order chi connectivity index (χ0) is 15.9. The van der Waals surface area contributed by atoms with Crippen LogP contribution in [0.5, 0.6) is 0 Å². The Labute approximate surface area is 130 Å². The second-order valence-corrected chi connectivity index (χ2v) is 5.11. The molecule has 2 rings (SSSR count). The van der Waals surface area contributed by atoms with Gasteiger partial charge in [0.25, 0.3) is 5.91 Å². The Bertz CT molecular complexity index is 645. The van der Waals surface area contributed by atoms with Gasteiger partial charge in [0.2, 0.25) is 0 Å². The van der Waals surface area contributed by atoms with Crippen molar-refractivity contribution in [2.75, 3.05) is 23.8 Å². The topological polar surface area (TPSA) is 45.2 Å². The minimum absolute atomic E-state index is 0.152. The molecule has 0 bridgehead atoms. The SMILES string of the molecule is CCCCN(C)c1ccnc(C(=O)Nc2ccccc2F)c1. The second kappa shape index (κ2) is 7.54. The van der Waals surface area contributed by atoms with Crippen molar-refractivity contribution in [2.24, 2.45) is 0 Å². The highest BCUT2D eigenvalue weighted by Crippen LogP contribution is 2.16. The van der Waals surface area contributed by atoms with Gasteiger partial charge in [0.1, 0.15) is 11.5 Å². The molecule has 0 unspecified atom stereocenters. The van der Waals surface area contributed by atoms with Crippen molar-refractivity contribution in [3.63, 3.8) is 0 Å². The summed E-state index contributed by atoms with van der Waals surface area (Å²) in [6.45, 7) is 3.04. The highest BCUT2D eigenvalue weighted by Gasteiger charge is 2.12. The van der Waals surface area contributed by atoms with Crippen LogP contribution in [0.3, 0.4) is 0 Å². The van der Waals surface area contributed by atoms with Gasteiger partial charge in [-0.25, -0.2) is 4.39 Å². The van der Waals surface area contributed by atoms with E-state index in [4.69, 9.17) is 0 Å². The van der Waals surface area contributed by atoms with Crippen LogP contribution in [0.4, 0.5) is 15.8 Å². The molecule has 1 heterocycles. The first kappa shape index (κ1) is 15.9. The number of nitrogens with zero attached hydrogens (tertiary/aromatic N) is 2. The maximum absolute atomic E-state index is 13.6. The van der Waals surface area contributed by atoms with Crippen LogP contribution in [0.1, 0.15) is 30.3 Å². The average Bonchev–Trinajstić information content (AvgIpc) is 2.54. The van der Waals surface area contributed by atoms with Gasteiger partial charge in [-0.2, -0.15) is 0 Å². The standard InChI is InChI=1S/C17H20FN3O/c1-3-4-11-21(2)13-9-10-19-16(12-13)17(22)20-15-8-6-5-7-14(15)18/h5-10,12H,3-4,11H2,1-2H3,(H,20,22). The smallest absolute Gasteiger partial charge is 0.274 e. The Hall–Kier alpha value is -2.43. The number of nitrogens with one attached hydrogen (secondary N) is 1. The summed E-state index contributed by atoms with van der Waals surface area (Å²) in [5.41, 5.74) is 1.34.